The van der Waals surface area contributed by atoms with Crippen LogP contribution in [0.5, 0.6) is 11.5 Å². The minimum absolute atomic E-state index is 0.0630. The Morgan fingerprint density at radius 1 is 1.09 bits per heavy atom. The van der Waals surface area contributed by atoms with E-state index < -0.39 is 17.8 Å². The van der Waals surface area contributed by atoms with Crippen LogP contribution in [0, 0.1) is 7.14 Å². The van der Waals surface area contributed by atoms with Crippen LogP contribution >= 0.6 is 45.2 Å². The summed E-state index contributed by atoms with van der Waals surface area (Å²) >= 11 is 4.39. The molecule has 33 heavy (non-hydrogen) atoms. The monoisotopic (exact) mass is 672 g/mol. The number of nitrogens with one attached hydrogen (secondary N) is 1. The maximum atomic E-state index is 13.0. The summed E-state index contributed by atoms with van der Waals surface area (Å²) < 4.78 is 13.5. The summed E-state index contributed by atoms with van der Waals surface area (Å²) in [7, 11) is 1.54. The van der Waals surface area contributed by atoms with Gasteiger partial charge in [-0.15, -0.1) is 0 Å². The SMILES string of the molecule is COc1cc(/C=C2\C(=O)NC(=O)N(C3CCCC3)C2=O)cc(I)c1OCc1ccc(I)cc1. The zero-order valence-electron chi connectivity index (χ0n) is 17.9. The number of hydrogen-bond acceptors (Lipinski definition) is 5. The zero-order chi connectivity index (χ0) is 23.5. The highest BCUT2D eigenvalue weighted by molar-refractivity contribution is 14.1. The topological polar surface area (TPSA) is 84.9 Å². The van der Waals surface area contributed by atoms with Gasteiger partial charge in [0.2, 0.25) is 0 Å². The standard InChI is InChI=1S/C24H22I2N2O5/c1-32-20-12-15(11-19(26)21(20)33-13-14-6-8-16(25)9-7-14)10-18-22(29)27-24(31)28(23(18)30)17-4-2-3-5-17/h6-12,17H,2-5,13H2,1H3,(H,27,29,31)/b18-10+. The highest BCUT2D eigenvalue weighted by Gasteiger charge is 2.40. The van der Waals surface area contributed by atoms with E-state index in [-0.39, 0.29) is 11.6 Å². The predicted octanol–water partition coefficient (Wildman–Crippen LogP) is 4.89. The number of barbiturate groups is 1. The summed E-state index contributed by atoms with van der Waals surface area (Å²) in [5.74, 6) is -0.163. The molecule has 7 nitrogen and oxygen atoms in total. The first-order valence-electron chi connectivity index (χ1n) is 10.5. The number of carbonyl (C=O) groups is 3. The normalized spacial score (nSPS) is 18.1. The number of nitrogens with zero attached hydrogens (tertiary/aromatic N) is 1. The van der Waals surface area contributed by atoms with Gasteiger partial charge in [0.15, 0.2) is 11.5 Å². The van der Waals surface area contributed by atoms with Crippen molar-refractivity contribution in [2.75, 3.05) is 7.11 Å². The van der Waals surface area contributed by atoms with E-state index in [1.165, 1.54) is 11.0 Å². The van der Waals surface area contributed by atoms with Crippen LogP contribution in [0.25, 0.3) is 6.08 Å². The van der Waals surface area contributed by atoms with Crippen molar-refractivity contribution in [3.63, 3.8) is 0 Å². The Kier molecular flexibility index (Phi) is 7.57. The molecule has 0 unspecified atom stereocenters. The fraction of sp³-hybridized carbons (Fsp3) is 0.292. The van der Waals surface area contributed by atoms with Gasteiger partial charge in [-0.2, -0.15) is 0 Å². The number of methoxy groups -OCH3 is 1. The molecule has 9 heteroatoms. The molecule has 1 aliphatic heterocycles. The molecule has 4 amide bonds. The van der Waals surface area contributed by atoms with Crippen LogP contribution in [-0.4, -0.2) is 35.9 Å². The van der Waals surface area contributed by atoms with Gasteiger partial charge < -0.3 is 9.47 Å². The van der Waals surface area contributed by atoms with Gasteiger partial charge in [-0.3, -0.25) is 19.8 Å². The maximum absolute atomic E-state index is 13.0. The second-order valence-corrected chi connectivity index (χ2v) is 10.3. The fourth-order valence-electron chi connectivity index (χ4n) is 4.03. The summed E-state index contributed by atoms with van der Waals surface area (Å²) in [6.45, 7) is 0.378. The van der Waals surface area contributed by atoms with Crippen LogP contribution in [0.1, 0.15) is 36.8 Å². The largest absolute Gasteiger partial charge is 0.493 e. The van der Waals surface area contributed by atoms with E-state index in [1.54, 1.807) is 13.2 Å². The quantitative estimate of drug-likeness (QED) is 0.269. The molecule has 1 aliphatic carbocycles. The van der Waals surface area contributed by atoms with Crippen molar-refractivity contribution in [1.29, 1.82) is 0 Å². The molecule has 0 radical (unpaired) electrons. The van der Waals surface area contributed by atoms with E-state index in [0.717, 1.165) is 38.4 Å². The molecule has 1 N–H and O–H groups in total. The van der Waals surface area contributed by atoms with E-state index in [9.17, 15) is 14.4 Å². The zero-order valence-corrected chi connectivity index (χ0v) is 22.2. The van der Waals surface area contributed by atoms with Gasteiger partial charge in [-0.25, -0.2) is 4.79 Å². The van der Waals surface area contributed by atoms with E-state index in [2.05, 4.69) is 50.5 Å². The van der Waals surface area contributed by atoms with Crippen LogP contribution in [0.3, 0.4) is 0 Å². The molecule has 4 rings (SSSR count). The van der Waals surface area contributed by atoms with Crippen LogP contribution in [0.4, 0.5) is 4.79 Å². The number of ether oxygens (including phenoxy) is 2. The van der Waals surface area contributed by atoms with E-state index >= 15 is 0 Å². The van der Waals surface area contributed by atoms with Crippen molar-refractivity contribution >= 4 is 69.1 Å². The molecule has 1 saturated carbocycles. The molecule has 172 valence electrons. The maximum Gasteiger partial charge on any atom is 0.331 e. The molecule has 0 bridgehead atoms. The van der Waals surface area contributed by atoms with Crippen LogP contribution in [-0.2, 0) is 16.2 Å². The summed E-state index contributed by atoms with van der Waals surface area (Å²) in [6, 6.07) is 10.8. The number of rotatable bonds is 6. The molecule has 0 atom stereocenters. The Labute approximate surface area is 219 Å². The van der Waals surface area contributed by atoms with Gasteiger partial charge in [0, 0.05) is 9.61 Å². The van der Waals surface area contributed by atoms with Crippen LogP contribution in [0.2, 0.25) is 0 Å². The van der Waals surface area contributed by atoms with Crippen molar-refractivity contribution in [3.8, 4) is 11.5 Å². The second kappa shape index (κ2) is 10.4. The number of amides is 4. The first kappa shape index (κ1) is 24.0. The Morgan fingerprint density at radius 3 is 2.45 bits per heavy atom. The van der Waals surface area contributed by atoms with Crippen molar-refractivity contribution in [2.24, 2.45) is 0 Å². The Hall–Kier alpha value is -2.15. The van der Waals surface area contributed by atoms with Crippen LogP contribution in [0.15, 0.2) is 42.0 Å². The average Bonchev–Trinajstić information content (AvgIpc) is 3.31. The third-order valence-electron chi connectivity index (χ3n) is 5.68. The van der Waals surface area contributed by atoms with E-state index in [1.807, 2.05) is 30.3 Å². The molecule has 2 aliphatic rings. The number of halogens is 2. The number of urea groups is 1. The molecular formula is C24H22I2N2O5. The lowest BCUT2D eigenvalue weighted by Gasteiger charge is -2.31. The van der Waals surface area contributed by atoms with Crippen molar-refractivity contribution in [1.82, 2.24) is 10.2 Å². The number of carbonyl (C=O) groups excluding carboxylic acids is 3. The molecule has 2 fully saturated rings. The lowest BCUT2D eigenvalue weighted by Crippen LogP contribution is -2.57. The first-order chi connectivity index (χ1) is 15.9. The smallest absolute Gasteiger partial charge is 0.331 e. The summed E-state index contributed by atoms with van der Waals surface area (Å²) in [4.78, 5) is 39.0. The minimum atomic E-state index is -0.688. The van der Waals surface area contributed by atoms with Crippen molar-refractivity contribution < 1.29 is 23.9 Å². The molecule has 0 aromatic heterocycles. The molecule has 2 aromatic carbocycles. The minimum Gasteiger partial charge on any atom is -0.493 e. The van der Waals surface area contributed by atoms with Gasteiger partial charge in [0.25, 0.3) is 11.8 Å². The number of benzene rings is 2. The van der Waals surface area contributed by atoms with Crippen molar-refractivity contribution in [3.05, 3.63) is 60.2 Å². The van der Waals surface area contributed by atoms with Crippen LogP contribution < -0.4 is 14.8 Å². The van der Waals surface area contributed by atoms with Gasteiger partial charge in [0.1, 0.15) is 12.2 Å². The van der Waals surface area contributed by atoms with E-state index in [0.29, 0.717) is 23.7 Å². The van der Waals surface area contributed by atoms with Gasteiger partial charge in [-0.05, 0) is 99.5 Å². The average molecular weight is 672 g/mol. The Balaban J connectivity index is 1.59. The summed E-state index contributed by atoms with van der Waals surface area (Å²) in [5.41, 5.74) is 1.57. The third kappa shape index (κ3) is 5.34. The highest BCUT2D eigenvalue weighted by Crippen LogP contribution is 2.36. The van der Waals surface area contributed by atoms with Gasteiger partial charge in [-0.1, -0.05) is 25.0 Å². The fourth-order valence-corrected chi connectivity index (χ4v) is 5.17. The molecule has 1 heterocycles. The lowest BCUT2D eigenvalue weighted by molar-refractivity contribution is -0.131. The molecular weight excluding hydrogens is 650 g/mol. The second-order valence-electron chi connectivity index (χ2n) is 7.88. The lowest BCUT2D eigenvalue weighted by atomic mass is 10.0. The third-order valence-corrected chi connectivity index (χ3v) is 7.20. The Morgan fingerprint density at radius 2 is 1.79 bits per heavy atom. The summed E-state index contributed by atoms with van der Waals surface area (Å²) in [5, 5.41) is 2.30. The number of hydrogen-bond donors (Lipinski definition) is 1. The summed E-state index contributed by atoms with van der Waals surface area (Å²) in [6.07, 6.45) is 4.96. The highest BCUT2D eigenvalue weighted by atomic mass is 127. The van der Waals surface area contributed by atoms with Gasteiger partial charge >= 0.3 is 6.03 Å². The number of imide groups is 2. The molecule has 0 spiro atoms. The molecule has 2 aromatic rings. The first-order valence-corrected chi connectivity index (χ1v) is 12.7. The van der Waals surface area contributed by atoms with E-state index in [4.69, 9.17) is 9.47 Å². The predicted molar refractivity (Wildman–Crippen MR) is 140 cm³/mol. The van der Waals surface area contributed by atoms with Gasteiger partial charge in [0.05, 0.1) is 10.7 Å². The van der Waals surface area contributed by atoms with Crippen molar-refractivity contribution in [2.45, 2.75) is 38.3 Å². The Bertz CT molecular complexity index is 1120. The molecule has 1 saturated heterocycles.